The average Bonchev–Trinajstić information content (AvgIpc) is 3.26. The van der Waals surface area contributed by atoms with E-state index < -0.39 is 0 Å². The fourth-order valence-electron chi connectivity index (χ4n) is 3.86. The van der Waals surface area contributed by atoms with Crippen LogP contribution in [0.4, 0.5) is 5.69 Å². The van der Waals surface area contributed by atoms with Gasteiger partial charge in [-0.15, -0.1) is 11.8 Å². The first-order valence-electron chi connectivity index (χ1n) is 9.63. The minimum Gasteiger partial charge on any atom is -0.342 e. The highest BCUT2D eigenvalue weighted by Crippen LogP contribution is 2.31. The summed E-state index contributed by atoms with van der Waals surface area (Å²) in [6.45, 7) is 2.47. The van der Waals surface area contributed by atoms with E-state index in [4.69, 9.17) is 0 Å². The molecule has 2 heterocycles. The van der Waals surface area contributed by atoms with E-state index in [0.717, 1.165) is 55.9 Å². The first-order valence-corrected chi connectivity index (χ1v) is 10.6. The molecule has 0 unspecified atom stereocenters. The fraction of sp³-hybridized carbons (Fsp3) is 0.364. The number of carbonyl (C=O) groups excluding carboxylic acids is 2. The Morgan fingerprint density at radius 2 is 1.63 bits per heavy atom. The van der Waals surface area contributed by atoms with Crippen molar-refractivity contribution < 1.29 is 9.59 Å². The third-order valence-electron chi connectivity index (χ3n) is 5.28. The number of aryl methyl sites for hydroxylation is 1. The van der Waals surface area contributed by atoms with Crippen LogP contribution in [0.25, 0.3) is 0 Å². The van der Waals surface area contributed by atoms with Gasteiger partial charge in [-0.05, 0) is 49.4 Å². The predicted octanol–water partition coefficient (Wildman–Crippen LogP) is 3.99. The number of likely N-dealkylation sites (tertiary alicyclic amines) is 1. The summed E-state index contributed by atoms with van der Waals surface area (Å²) in [6, 6.07) is 15.8. The van der Waals surface area contributed by atoms with Gasteiger partial charge in [0.15, 0.2) is 0 Å². The maximum absolute atomic E-state index is 13.3. The maximum atomic E-state index is 13.3. The first kappa shape index (κ1) is 18.1. The molecule has 2 aromatic carbocycles. The van der Waals surface area contributed by atoms with Crippen LogP contribution in [-0.2, 0) is 11.2 Å². The van der Waals surface area contributed by atoms with Crippen LogP contribution in [0.15, 0.2) is 53.4 Å². The van der Waals surface area contributed by atoms with Crippen LogP contribution < -0.4 is 4.90 Å². The quantitative estimate of drug-likeness (QED) is 0.753. The predicted molar refractivity (Wildman–Crippen MR) is 109 cm³/mol. The van der Waals surface area contributed by atoms with E-state index in [1.165, 1.54) is 17.3 Å². The van der Waals surface area contributed by atoms with Crippen LogP contribution in [-0.4, -0.2) is 42.1 Å². The SMILES string of the molecule is O=C(CSc1ccccc1C(=O)N1CCCc2ccccc21)N1CCCC1. The van der Waals surface area contributed by atoms with Gasteiger partial charge in [-0.1, -0.05) is 30.3 Å². The number of fused-ring (bicyclic) bond motifs is 1. The Labute approximate surface area is 164 Å². The molecule has 2 aliphatic rings. The average molecular weight is 381 g/mol. The molecular formula is C22H24N2O2S. The molecule has 1 saturated heterocycles. The Morgan fingerprint density at radius 3 is 2.48 bits per heavy atom. The van der Waals surface area contributed by atoms with Crippen LogP contribution in [0.2, 0.25) is 0 Å². The number of hydrogen-bond donors (Lipinski definition) is 0. The lowest BCUT2D eigenvalue weighted by atomic mass is 10.0. The summed E-state index contributed by atoms with van der Waals surface area (Å²) in [6.07, 6.45) is 4.19. The van der Waals surface area contributed by atoms with Crippen molar-refractivity contribution in [1.29, 1.82) is 0 Å². The first-order chi connectivity index (χ1) is 13.2. The highest BCUT2D eigenvalue weighted by Gasteiger charge is 2.25. The molecule has 27 heavy (non-hydrogen) atoms. The van der Waals surface area contributed by atoms with E-state index >= 15 is 0 Å². The molecule has 0 atom stereocenters. The van der Waals surface area contributed by atoms with Gasteiger partial charge < -0.3 is 9.80 Å². The van der Waals surface area contributed by atoms with Crippen LogP contribution in [0.1, 0.15) is 35.2 Å². The van der Waals surface area contributed by atoms with Gasteiger partial charge in [0.25, 0.3) is 5.91 Å². The van der Waals surface area contributed by atoms with Gasteiger partial charge in [-0.25, -0.2) is 0 Å². The second-order valence-electron chi connectivity index (χ2n) is 7.06. The molecule has 1 fully saturated rings. The van der Waals surface area contributed by atoms with E-state index in [1.54, 1.807) is 0 Å². The van der Waals surface area contributed by atoms with Gasteiger partial charge in [-0.2, -0.15) is 0 Å². The standard InChI is InChI=1S/C22H24N2O2S/c25-21(23-13-5-6-14-23)16-27-20-12-4-2-10-18(20)22(26)24-15-7-9-17-8-1-3-11-19(17)24/h1-4,8,10-12H,5-7,9,13-16H2. The number of nitrogens with zero attached hydrogens (tertiary/aromatic N) is 2. The van der Waals surface area contributed by atoms with Crippen molar-refractivity contribution in [3.63, 3.8) is 0 Å². The monoisotopic (exact) mass is 380 g/mol. The van der Waals surface area contributed by atoms with Gasteiger partial charge in [0.2, 0.25) is 5.91 Å². The van der Waals surface area contributed by atoms with Crippen molar-refractivity contribution in [3.05, 3.63) is 59.7 Å². The topological polar surface area (TPSA) is 40.6 Å². The molecule has 4 rings (SSSR count). The Hall–Kier alpha value is -2.27. The highest BCUT2D eigenvalue weighted by molar-refractivity contribution is 8.00. The Kier molecular flexibility index (Phi) is 5.48. The molecule has 5 heteroatoms. The molecule has 140 valence electrons. The molecule has 0 bridgehead atoms. The molecule has 0 aliphatic carbocycles. The van der Waals surface area contributed by atoms with Crippen LogP contribution in [0.5, 0.6) is 0 Å². The van der Waals surface area contributed by atoms with Crippen LogP contribution >= 0.6 is 11.8 Å². The summed E-state index contributed by atoms with van der Waals surface area (Å²) >= 11 is 1.48. The normalized spacial score (nSPS) is 16.3. The van der Waals surface area contributed by atoms with Gasteiger partial charge in [0.05, 0.1) is 11.3 Å². The van der Waals surface area contributed by atoms with Gasteiger partial charge >= 0.3 is 0 Å². The maximum Gasteiger partial charge on any atom is 0.259 e. The molecule has 0 radical (unpaired) electrons. The zero-order valence-electron chi connectivity index (χ0n) is 15.4. The zero-order valence-corrected chi connectivity index (χ0v) is 16.2. The number of thioether (sulfide) groups is 1. The van der Waals surface area contributed by atoms with Crippen molar-refractivity contribution in [3.8, 4) is 0 Å². The zero-order chi connectivity index (χ0) is 18.6. The molecule has 2 aliphatic heterocycles. The lowest BCUT2D eigenvalue weighted by Gasteiger charge is -2.30. The summed E-state index contributed by atoms with van der Waals surface area (Å²) in [5, 5.41) is 0. The second-order valence-corrected chi connectivity index (χ2v) is 8.08. The number of carbonyl (C=O) groups is 2. The molecule has 2 amide bonds. The van der Waals surface area contributed by atoms with Gasteiger partial charge in [0, 0.05) is 30.2 Å². The third kappa shape index (κ3) is 3.88. The van der Waals surface area contributed by atoms with Crippen molar-refractivity contribution in [2.75, 3.05) is 30.3 Å². The van der Waals surface area contributed by atoms with E-state index in [-0.39, 0.29) is 11.8 Å². The van der Waals surface area contributed by atoms with E-state index in [9.17, 15) is 9.59 Å². The summed E-state index contributed by atoms with van der Waals surface area (Å²) in [4.78, 5) is 30.4. The molecule has 0 saturated carbocycles. The number of hydrogen-bond acceptors (Lipinski definition) is 3. The molecule has 0 spiro atoms. The summed E-state index contributed by atoms with van der Waals surface area (Å²) < 4.78 is 0. The smallest absolute Gasteiger partial charge is 0.259 e. The van der Waals surface area contributed by atoms with Gasteiger partial charge in [-0.3, -0.25) is 9.59 Å². The van der Waals surface area contributed by atoms with E-state index in [0.29, 0.717) is 11.3 Å². The summed E-state index contributed by atoms with van der Waals surface area (Å²) in [5.74, 6) is 0.586. The minimum atomic E-state index is 0.0267. The minimum absolute atomic E-state index is 0.0267. The van der Waals surface area contributed by atoms with Crippen molar-refractivity contribution in [2.24, 2.45) is 0 Å². The molecule has 2 aromatic rings. The number of rotatable bonds is 4. The molecular weight excluding hydrogens is 356 g/mol. The molecule has 0 aromatic heterocycles. The number of para-hydroxylation sites is 1. The summed E-state index contributed by atoms with van der Waals surface area (Å²) in [5.41, 5.74) is 2.93. The lowest BCUT2D eigenvalue weighted by Crippen LogP contribution is -2.35. The fourth-order valence-corrected chi connectivity index (χ4v) is 4.80. The van der Waals surface area contributed by atoms with Crippen molar-refractivity contribution in [1.82, 2.24) is 4.90 Å². The highest BCUT2D eigenvalue weighted by atomic mass is 32.2. The van der Waals surface area contributed by atoms with Crippen molar-refractivity contribution >= 4 is 29.3 Å². The van der Waals surface area contributed by atoms with Gasteiger partial charge in [0.1, 0.15) is 0 Å². The molecule has 4 nitrogen and oxygen atoms in total. The largest absolute Gasteiger partial charge is 0.342 e. The Bertz CT molecular complexity index is 846. The van der Waals surface area contributed by atoms with Crippen LogP contribution in [0, 0.1) is 0 Å². The third-order valence-corrected chi connectivity index (χ3v) is 6.34. The van der Waals surface area contributed by atoms with Crippen molar-refractivity contribution in [2.45, 2.75) is 30.6 Å². The Balaban J connectivity index is 1.52. The number of benzene rings is 2. The van der Waals surface area contributed by atoms with E-state index in [1.807, 2.05) is 52.3 Å². The molecule has 0 N–H and O–H groups in total. The number of amides is 2. The second kappa shape index (κ2) is 8.17. The number of anilines is 1. The Morgan fingerprint density at radius 1 is 0.889 bits per heavy atom. The van der Waals surface area contributed by atoms with E-state index in [2.05, 4.69) is 6.07 Å². The van der Waals surface area contributed by atoms with Crippen LogP contribution in [0.3, 0.4) is 0 Å². The lowest BCUT2D eigenvalue weighted by molar-refractivity contribution is -0.127. The summed E-state index contributed by atoms with van der Waals surface area (Å²) in [7, 11) is 0.